The van der Waals surface area contributed by atoms with E-state index in [0.29, 0.717) is 0 Å². The topological polar surface area (TPSA) is 102 Å². The fraction of sp³-hybridized carbons (Fsp3) is 0.889. The van der Waals surface area contributed by atoms with Crippen molar-refractivity contribution >= 4 is 5.91 Å². The zero-order valence-corrected chi connectivity index (χ0v) is 9.79. The van der Waals surface area contributed by atoms with Gasteiger partial charge in [-0.25, -0.2) is 0 Å². The molecule has 1 amide bonds. The first kappa shape index (κ1) is 17.1. The molecule has 0 saturated heterocycles. The van der Waals surface area contributed by atoms with Crippen LogP contribution in [0.2, 0.25) is 0 Å². The summed E-state index contributed by atoms with van der Waals surface area (Å²) in [6.07, 6.45) is -4.52. The number of amides is 1. The molecule has 0 rings (SSSR count). The van der Waals surface area contributed by atoms with Gasteiger partial charge in [-0.05, 0) is 6.92 Å². The van der Waals surface area contributed by atoms with Gasteiger partial charge in [-0.15, -0.1) is 0 Å². The van der Waals surface area contributed by atoms with Gasteiger partial charge in [0, 0.05) is 0 Å². The van der Waals surface area contributed by atoms with E-state index in [2.05, 4.69) is 5.32 Å². The van der Waals surface area contributed by atoms with E-state index in [1.165, 1.54) is 6.92 Å². The summed E-state index contributed by atoms with van der Waals surface area (Å²) < 4.78 is 35.6. The van der Waals surface area contributed by atoms with E-state index in [-0.39, 0.29) is 0 Å². The minimum Gasteiger partial charge on any atom is -0.394 e. The molecule has 18 heavy (non-hydrogen) atoms. The van der Waals surface area contributed by atoms with Gasteiger partial charge in [0.05, 0.1) is 31.4 Å². The Bertz CT molecular complexity index is 261. The Morgan fingerprint density at radius 3 is 1.94 bits per heavy atom. The fourth-order valence-corrected chi connectivity index (χ4v) is 1.15. The molecule has 0 fully saturated rings. The monoisotopic (exact) mass is 274 g/mol. The van der Waals surface area contributed by atoms with E-state index in [0.717, 1.165) is 0 Å². The van der Waals surface area contributed by atoms with Crippen LogP contribution in [0.4, 0.5) is 13.2 Å². The number of halogens is 3. The molecule has 0 aliphatic rings. The number of nitrogens with one attached hydrogen (secondary N) is 2. The molecule has 0 heterocycles. The van der Waals surface area contributed by atoms with Crippen LogP contribution in [0, 0.1) is 0 Å². The van der Waals surface area contributed by atoms with E-state index in [1.54, 1.807) is 5.32 Å². The average molecular weight is 274 g/mol. The number of hydrogen-bond donors (Lipinski definition) is 5. The fourth-order valence-electron chi connectivity index (χ4n) is 1.15. The Morgan fingerprint density at radius 1 is 1.17 bits per heavy atom. The highest BCUT2D eigenvalue weighted by Gasteiger charge is 2.33. The van der Waals surface area contributed by atoms with Crippen LogP contribution in [-0.4, -0.2) is 65.3 Å². The Morgan fingerprint density at radius 2 is 1.61 bits per heavy atom. The first-order valence-corrected chi connectivity index (χ1v) is 5.14. The Kier molecular flexibility index (Phi) is 6.54. The summed E-state index contributed by atoms with van der Waals surface area (Å²) in [7, 11) is 0. The summed E-state index contributed by atoms with van der Waals surface area (Å²) in [5.41, 5.74) is -1.52. The minimum atomic E-state index is -4.52. The molecule has 1 atom stereocenters. The van der Waals surface area contributed by atoms with Crippen molar-refractivity contribution in [1.82, 2.24) is 10.6 Å². The summed E-state index contributed by atoms with van der Waals surface area (Å²) in [4.78, 5) is 11.3. The van der Waals surface area contributed by atoms with Crippen LogP contribution in [0.25, 0.3) is 0 Å². The molecule has 108 valence electrons. The summed E-state index contributed by atoms with van der Waals surface area (Å²) in [5.74, 6) is -0.952. The zero-order chi connectivity index (χ0) is 14.4. The molecule has 0 bridgehead atoms. The second-order valence-corrected chi connectivity index (χ2v) is 3.95. The van der Waals surface area contributed by atoms with Crippen molar-refractivity contribution in [3.8, 4) is 0 Å². The van der Waals surface area contributed by atoms with Gasteiger partial charge in [0.2, 0.25) is 5.91 Å². The van der Waals surface area contributed by atoms with E-state index in [1.807, 2.05) is 0 Å². The molecule has 0 aromatic heterocycles. The SMILES string of the molecule is CC(NC(CO)(CO)CO)C(=O)NCC(F)(F)F. The normalized spacial score (nSPS) is 14.4. The molecular formula is C9H17F3N2O4. The molecule has 0 radical (unpaired) electrons. The molecule has 9 heteroatoms. The van der Waals surface area contributed by atoms with Gasteiger partial charge in [-0.3, -0.25) is 10.1 Å². The molecular weight excluding hydrogens is 257 g/mol. The molecule has 6 nitrogen and oxygen atoms in total. The minimum absolute atomic E-state index is 0.670. The highest BCUT2D eigenvalue weighted by molar-refractivity contribution is 5.81. The summed E-state index contributed by atoms with van der Waals surface area (Å²) >= 11 is 0. The number of aliphatic hydroxyl groups is 3. The molecule has 0 aromatic rings. The third kappa shape index (κ3) is 5.63. The maximum atomic E-state index is 11.9. The second kappa shape index (κ2) is 6.88. The van der Waals surface area contributed by atoms with E-state index in [4.69, 9.17) is 15.3 Å². The van der Waals surface area contributed by atoms with E-state index >= 15 is 0 Å². The number of carbonyl (C=O) groups excluding carboxylic acids is 1. The first-order valence-electron chi connectivity index (χ1n) is 5.14. The zero-order valence-electron chi connectivity index (χ0n) is 9.79. The lowest BCUT2D eigenvalue weighted by Crippen LogP contribution is -2.61. The molecule has 0 aliphatic carbocycles. The highest BCUT2D eigenvalue weighted by atomic mass is 19.4. The molecule has 0 aliphatic heterocycles. The largest absolute Gasteiger partial charge is 0.405 e. The molecule has 1 unspecified atom stereocenters. The first-order chi connectivity index (χ1) is 8.19. The quantitative estimate of drug-likeness (QED) is 0.383. The third-order valence-corrected chi connectivity index (χ3v) is 2.29. The van der Waals surface area contributed by atoms with Gasteiger partial charge in [0.25, 0.3) is 0 Å². The second-order valence-electron chi connectivity index (χ2n) is 3.95. The maximum Gasteiger partial charge on any atom is 0.405 e. The molecule has 5 N–H and O–H groups in total. The summed E-state index contributed by atoms with van der Waals surface area (Å²) in [6, 6.07) is -1.11. The smallest absolute Gasteiger partial charge is 0.394 e. The Labute approximate surface area is 102 Å². The van der Waals surface area contributed by atoms with Crippen LogP contribution >= 0.6 is 0 Å². The van der Waals surface area contributed by atoms with Crippen molar-refractivity contribution in [3.05, 3.63) is 0 Å². The third-order valence-electron chi connectivity index (χ3n) is 2.29. The van der Waals surface area contributed by atoms with Crippen LogP contribution in [0.5, 0.6) is 0 Å². The molecule has 0 aromatic carbocycles. The van der Waals surface area contributed by atoms with Gasteiger partial charge in [0.1, 0.15) is 6.54 Å². The number of rotatable bonds is 7. The predicted octanol–water partition coefficient (Wildman–Crippen LogP) is -1.64. The van der Waals surface area contributed by atoms with Crippen LogP contribution in [-0.2, 0) is 4.79 Å². The lowest BCUT2D eigenvalue weighted by atomic mass is 10.0. The van der Waals surface area contributed by atoms with Crippen LogP contribution in [0.15, 0.2) is 0 Å². The summed E-state index contributed by atoms with van der Waals surface area (Å²) in [6.45, 7) is -2.23. The number of alkyl halides is 3. The van der Waals surface area contributed by atoms with Crippen molar-refractivity contribution in [2.24, 2.45) is 0 Å². The van der Waals surface area contributed by atoms with E-state index < -0.39 is 50.0 Å². The summed E-state index contributed by atoms with van der Waals surface area (Å²) in [5, 5.41) is 30.9. The lowest BCUT2D eigenvalue weighted by molar-refractivity contribution is -0.140. The van der Waals surface area contributed by atoms with Crippen molar-refractivity contribution in [3.63, 3.8) is 0 Å². The molecule has 0 spiro atoms. The Hall–Kier alpha value is -0.900. The van der Waals surface area contributed by atoms with E-state index in [9.17, 15) is 18.0 Å². The average Bonchev–Trinajstić information content (AvgIpc) is 2.32. The van der Waals surface area contributed by atoms with Crippen molar-refractivity contribution in [1.29, 1.82) is 0 Å². The van der Waals surface area contributed by atoms with Gasteiger partial charge >= 0.3 is 6.18 Å². The van der Waals surface area contributed by atoms with Gasteiger partial charge in [0.15, 0.2) is 0 Å². The number of aliphatic hydroxyl groups excluding tert-OH is 3. The van der Waals surface area contributed by atoms with Crippen LogP contribution in [0.1, 0.15) is 6.92 Å². The number of carbonyl (C=O) groups is 1. The predicted molar refractivity (Wildman–Crippen MR) is 55.7 cm³/mol. The van der Waals surface area contributed by atoms with Gasteiger partial charge in [-0.1, -0.05) is 0 Å². The van der Waals surface area contributed by atoms with Gasteiger partial charge < -0.3 is 20.6 Å². The standard InChI is InChI=1S/C9H17F3N2O4/c1-6(7(18)13-2-9(10,11)12)14-8(3-15,4-16)5-17/h6,14-17H,2-5H2,1H3,(H,13,18). The highest BCUT2D eigenvalue weighted by Crippen LogP contribution is 2.12. The van der Waals surface area contributed by atoms with Crippen molar-refractivity contribution in [2.45, 2.75) is 24.7 Å². The maximum absolute atomic E-state index is 11.9. The lowest BCUT2D eigenvalue weighted by Gasteiger charge is -2.31. The van der Waals surface area contributed by atoms with Crippen LogP contribution < -0.4 is 10.6 Å². The Balaban J connectivity index is 4.38. The van der Waals surface area contributed by atoms with Crippen molar-refractivity contribution in [2.75, 3.05) is 26.4 Å². The van der Waals surface area contributed by atoms with Crippen LogP contribution in [0.3, 0.4) is 0 Å². The van der Waals surface area contributed by atoms with Gasteiger partial charge in [-0.2, -0.15) is 13.2 Å². The van der Waals surface area contributed by atoms with Crippen molar-refractivity contribution < 1.29 is 33.3 Å². The number of hydrogen-bond acceptors (Lipinski definition) is 5. The molecule has 0 saturated carbocycles.